The van der Waals surface area contributed by atoms with Gasteiger partial charge in [0.25, 0.3) is 0 Å². The third-order valence-corrected chi connectivity index (χ3v) is 30.4. The van der Waals surface area contributed by atoms with Crippen LogP contribution in [0.4, 0.5) is 8.78 Å². The third-order valence-electron chi connectivity index (χ3n) is 1.29. The van der Waals surface area contributed by atoms with Crippen molar-refractivity contribution in [3.05, 3.63) is 0 Å². The quantitative estimate of drug-likeness (QED) is 0.300. The summed E-state index contributed by atoms with van der Waals surface area (Å²) < 4.78 is 34.7. The summed E-state index contributed by atoms with van der Waals surface area (Å²) in [6.45, 7) is 3.78. The lowest BCUT2D eigenvalue weighted by Crippen LogP contribution is -2.10. The van der Waals surface area contributed by atoms with Crippen molar-refractivity contribution in [1.82, 2.24) is 0 Å². The van der Waals surface area contributed by atoms with Crippen LogP contribution in [-0.4, -0.2) is 38.5 Å². The number of hydrogen-bond acceptors (Lipinski definition) is 7. The van der Waals surface area contributed by atoms with Gasteiger partial charge in [0.15, 0.2) is 5.05 Å². The Morgan fingerprint density at radius 3 is 0.970 bits per heavy atom. The van der Waals surface area contributed by atoms with Gasteiger partial charge in [-0.3, -0.25) is 4.79 Å². The molecule has 0 amide bonds. The van der Waals surface area contributed by atoms with Crippen LogP contribution in [-0.2, 0) is 166 Å². The molecular formula is C10H22F2O4S17. The summed E-state index contributed by atoms with van der Waals surface area (Å²) in [4.78, 5) is 9.59. The first-order chi connectivity index (χ1) is 15.0. The highest BCUT2D eigenvalue weighted by Crippen LogP contribution is 2.09. The van der Waals surface area contributed by atoms with Gasteiger partial charge in [0.1, 0.15) is 0 Å². The lowest BCUT2D eigenvalue weighted by Gasteiger charge is -2.03. The predicted octanol–water partition coefficient (Wildman–Crippen LogP) is 3.00. The summed E-state index contributed by atoms with van der Waals surface area (Å²) in [6.07, 6.45) is -2.96. The van der Waals surface area contributed by atoms with E-state index in [2.05, 4.69) is 26.4 Å². The molecule has 23 heteroatoms. The van der Waals surface area contributed by atoms with Crippen molar-refractivity contribution in [3.63, 3.8) is 0 Å². The number of esters is 1. The second kappa shape index (κ2) is 39.2. The van der Waals surface area contributed by atoms with Crippen LogP contribution in [0, 0.1) is 0 Å². The van der Waals surface area contributed by atoms with Gasteiger partial charge in [-0.1, -0.05) is 7.43 Å². The number of ether oxygens (including phenoxy) is 3. The molecule has 0 saturated carbocycles. The van der Waals surface area contributed by atoms with Crippen LogP contribution in [0.2, 0.25) is 0 Å². The average Bonchev–Trinajstić information content (AvgIpc) is 2.75. The Morgan fingerprint density at radius 2 is 0.879 bits per heavy atom. The molecule has 0 aromatic carbocycles. The van der Waals surface area contributed by atoms with Gasteiger partial charge in [-0.2, -0.15) is 8.78 Å². The molecule has 33 heavy (non-hydrogen) atoms. The maximum Gasteiger partial charge on any atom is 0.352 e. The molecule has 0 aliphatic heterocycles. The monoisotopic (exact) mass is 788 g/mol. The average molecular weight is 789 g/mol. The zero-order valence-electron chi connectivity index (χ0n) is 16.8. The van der Waals surface area contributed by atoms with Crippen LogP contribution < -0.4 is 0 Å². The molecule has 0 atom stereocenters. The predicted molar refractivity (Wildman–Crippen MR) is 185 cm³/mol. The largest absolute Gasteiger partial charge is 0.491 e. The van der Waals surface area contributed by atoms with Gasteiger partial charge in [0.05, 0.1) is 14.2 Å². The van der Waals surface area contributed by atoms with Crippen molar-refractivity contribution < 1.29 is 27.8 Å². The fraction of sp³-hybridized carbons (Fsp3) is 0.800. The Bertz CT molecular complexity index is 1040. The van der Waals surface area contributed by atoms with E-state index in [1.54, 1.807) is 121 Å². The van der Waals surface area contributed by atoms with E-state index >= 15 is 0 Å². The minimum absolute atomic E-state index is 0. The zero-order chi connectivity index (χ0) is 25.7. The number of thiocarbonyl (C=S) groups is 1. The summed E-state index contributed by atoms with van der Waals surface area (Å²) in [5.41, 5.74) is 0. The van der Waals surface area contributed by atoms with Crippen LogP contribution in [0.5, 0.6) is 0 Å². The summed E-state index contributed by atoms with van der Waals surface area (Å²) in [6, 6.07) is 0. The third kappa shape index (κ3) is 72.0. The molecule has 0 bridgehead atoms. The SMILES string of the molecule is C.COC(C)(F)F.COC(C)=O.COC(C)=S.S=S=S=S=S=S=S=S=S=S=S=S=S=S=S=S. The lowest BCUT2D eigenvalue weighted by atomic mass is 10.8. The molecule has 0 aromatic heterocycles. The number of rotatable bonds is 1. The van der Waals surface area contributed by atoms with Crippen LogP contribution in [0.15, 0.2) is 0 Å². The first-order valence-corrected chi connectivity index (χ1v) is 27.0. The molecule has 0 saturated heterocycles. The molecule has 0 N–H and O–H groups in total. The van der Waals surface area contributed by atoms with E-state index in [0.29, 0.717) is 12.0 Å². The van der Waals surface area contributed by atoms with E-state index in [0.717, 1.165) is 7.11 Å². The summed E-state index contributed by atoms with van der Waals surface area (Å²) in [5.74, 6) is -0.245. The molecule has 0 aliphatic carbocycles. The normalized spacial score (nSPS) is 7.76. The molecular weight excluding hydrogens is 767 g/mol. The fourth-order valence-corrected chi connectivity index (χ4v) is 33.1. The van der Waals surface area contributed by atoms with Gasteiger partial charge >= 0.3 is 12.1 Å². The summed E-state index contributed by atoms with van der Waals surface area (Å²) in [7, 11) is 27.4. The van der Waals surface area contributed by atoms with Gasteiger partial charge in [0, 0.05) is 175 Å². The topological polar surface area (TPSA) is 44.8 Å². The lowest BCUT2D eigenvalue weighted by molar-refractivity contribution is -0.205. The maximum atomic E-state index is 11.2. The fourth-order valence-electron chi connectivity index (χ4n) is 0.136. The highest BCUT2D eigenvalue weighted by molar-refractivity contribution is 8.77. The maximum absolute atomic E-state index is 11.2. The van der Waals surface area contributed by atoms with E-state index < -0.39 is 6.11 Å². The van der Waals surface area contributed by atoms with E-state index in [-0.39, 0.29) is 13.4 Å². The van der Waals surface area contributed by atoms with Gasteiger partial charge in [-0.15, -0.1) is 0 Å². The van der Waals surface area contributed by atoms with Crippen molar-refractivity contribution in [2.75, 3.05) is 21.3 Å². The van der Waals surface area contributed by atoms with E-state index in [9.17, 15) is 13.6 Å². The summed E-state index contributed by atoms with van der Waals surface area (Å²) >= 11 is 13.9. The van der Waals surface area contributed by atoms with Crippen LogP contribution in [0.25, 0.3) is 0 Å². The van der Waals surface area contributed by atoms with Gasteiger partial charge in [-0.05, 0) is 12.2 Å². The Morgan fingerprint density at radius 1 is 0.697 bits per heavy atom. The van der Waals surface area contributed by atoms with Crippen molar-refractivity contribution in [2.45, 2.75) is 34.3 Å². The first-order valence-electron chi connectivity index (χ1n) is 6.62. The Balaban J connectivity index is -0.000000126. The highest BCUT2D eigenvalue weighted by Gasteiger charge is 2.17. The molecule has 0 spiro atoms. The van der Waals surface area contributed by atoms with Crippen LogP contribution in [0.3, 0.4) is 0 Å². The molecule has 0 unspecified atom stereocenters. The van der Waals surface area contributed by atoms with Gasteiger partial charge in [0.2, 0.25) is 0 Å². The molecule has 202 valence electrons. The number of carbonyl (C=O) groups excluding carboxylic acids is 1. The van der Waals surface area contributed by atoms with Crippen LogP contribution >= 0.6 is 12.2 Å². The van der Waals surface area contributed by atoms with Gasteiger partial charge in [-0.25, -0.2) is 0 Å². The Kier molecular flexibility index (Phi) is 54.2. The van der Waals surface area contributed by atoms with Crippen molar-refractivity contribution in [1.29, 1.82) is 0 Å². The van der Waals surface area contributed by atoms with Crippen LogP contribution in [0.1, 0.15) is 28.2 Å². The molecule has 0 radical (unpaired) electrons. The minimum Gasteiger partial charge on any atom is -0.491 e. The van der Waals surface area contributed by atoms with E-state index in [1.807, 2.05) is 0 Å². The smallest absolute Gasteiger partial charge is 0.352 e. The summed E-state index contributed by atoms with van der Waals surface area (Å²) in [5, 5.41) is 0.588. The number of alkyl halides is 2. The zero-order valence-corrected chi connectivity index (χ0v) is 30.7. The number of halogens is 2. The number of carbonyl (C=O) groups is 1. The second-order valence-electron chi connectivity index (χ2n) is 3.36. The van der Waals surface area contributed by atoms with E-state index in [4.69, 9.17) is 22.4 Å². The highest BCUT2D eigenvalue weighted by atomic mass is 33.5. The Hall–Kier alpha value is 2.70. The molecule has 4 nitrogen and oxygen atoms in total. The standard InChI is InChI=1S/C3H6F2O.C3H6O2.C3H6OS.CH4.S16/c1-3(4,5)6-2;1-3(4)5-2;1-3(5)4-2;;1-3-5-7-9-11-13-15-16-14-12-10-8-6-4-2/h1-2H3;2*1-2H3;1H4;. The number of hydrogen-bond donors (Lipinski definition) is 0. The second-order valence-corrected chi connectivity index (χ2v) is 28.7. The van der Waals surface area contributed by atoms with E-state index in [1.165, 1.54) is 31.8 Å². The molecule has 0 aliphatic rings. The molecule has 0 fully saturated rings. The molecule has 0 heterocycles. The molecule has 0 aromatic rings. The first kappa shape index (κ1) is 45.6. The van der Waals surface area contributed by atoms with Gasteiger partial charge < -0.3 is 14.2 Å². The van der Waals surface area contributed by atoms with Crippen molar-refractivity contribution in [2.24, 2.45) is 0 Å². The van der Waals surface area contributed by atoms with Crippen molar-refractivity contribution >= 4 is 170 Å². The number of methoxy groups -OCH3 is 3. The van der Waals surface area contributed by atoms with Crippen molar-refractivity contribution in [3.8, 4) is 0 Å². The Labute approximate surface area is 249 Å². The molecule has 0 rings (SSSR count). The minimum atomic E-state index is -2.96.